The van der Waals surface area contributed by atoms with E-state index in [2.05, 4.69) is 59.1 Å². The molecule has 0 heteroatoms. The van der Waals surface area contributed by atoms with Crippen molar-refractivity contribution >= 4 is 0 Å². The molecule has 0 radical (unpaired) electrons. The fourth-order valence-electron chi connectivity index (χ4n) is 2.14. The minimum Gasteiger partial charge on any atom is -0.103 e. The van der Waals surface area contributed by atoms with Crippen molar-refractivity contribution in [3.8, 4) is 0 Å². The summed E-state index contributed by atoms with van der Waals surface area (Å²) in [6, 6.07) is 6.73. The number of hydrogen-bond donors (Lipinski definition) is 0. The molecule has 0 aromatic heterocycles. The third-order valence-electron chi connectivity index (χ3n) is 3.46. The van der Waals surface area contributed by atoms with Crippen LogP contribution in [-0.4, -0.2) is 0 Å². The molecule has 0 saturated carbocycles. The lowest BCUT2D eigenvalue weighted by Gasteiger charge is -2.27. The van der Waals surface area contributed by atoms with E-state index in [1.165, 1.54) is 16.7 Å². The summed E-state index contributed by atoms with van der Waals surface area (Å²) in [5.74, 6) is 0.516. The Bertz CT molecular complexity index is 410. The largest absolute Gasteiger partial charge is 0.103 e. The predicted molar refractivity (Wildman–Crippen MR) is 77.6 cm³/mol. The molecule has 0 saturated heterocycles. The first-order valence-corrected chi connectivity index (χ1v) is 6.28. The Balaban J connectivity index is 3.30. The second kappa shape index (κ2) is 5.35. The van der Waals surface area contributed by atoms with Gasteiger partial charge in [0.15, 0.2) is 0 Å². The van der Waals surface area contributed by atoms with Crippen molar-refractivity contribution in [2.45, 2.75) is 45.4 Å². The fourth-order valence-corrected chi connectivity index (χ4v) is 2.14. The van der Waals surface area contributed by atoms with Gasteiger partial charge < -0.3 is 0 Å². The fraction of sp³-hybridized carbons (Fsp3) is 0.412. The van der Waals surface area contributed by atoms with E-state index in [1.807, 2.05) is 12.2 Å². The molecule has 0 spiro atoms. The van der Waals surface area contributed by atoms with E-state index in [-0.39, 0.29) is 5.41 Å². The third-order valence-corrected chi connectivity index (χ3v) is 3.46. The minimum absolute atomic E-state index is 0.0246. The van der Waals surface area contributed by atoms with Gasteiger partial charge >= 0.3 is 0 Å². The van der Waals surface area contributed by atoms with E-state index in [4.69, 9.17) is 0 Å². The first-order valence-electron chi connectivity index (χ1n) is 6.28. The molecule has 92 valence electrons. The van der Waals surface area contributed by atoms with Crippen LogP contribution in [0.1, 0.15) is 49.8 Å². The molecule has 1 aromatic rings. The van der Waals surface area contributed by atoms with Crippen LogP contribution in [0.2, 0.25) is 0 Å². The quantitative estimate of drug-likeness (QED) is 0.612. The monoisotopic (exact) mass is 228 g/mol. The number of aryl methyl sites for hydroxylation is 1. The van der Waals surface area contributed by atoms with Crippen molar-refractivity contribution in [2.75, 3.05) is 0 Å². The Labute approximate surface area is 106 Å². The molecule has 0 aliphatic heterocycles. The van der Waals surface area contributed by atoms with Crippen LogP contribution in [0, 0.1) is 6.92 Å². The van der Waals surface area contributed by atoms with Crippen LogP contribution in [0.4, 0.5) is 0 Å². The van der Waals surface area contributed by atoms with Crippen LogP contribution < -0.4 is 0 Å². The van der Waals surface area contributed by atoms with Gasteiger partial charge in [0.1, 0.15) is 0 Å². The lowest BCUT2D eigenvalue weighted by atomic mass is 9.77. The topological polar surface area (TPSA) is 0 Å². The van der Waals surface area contributed by atoms with Gasteiger partial charge in [-0.2, -0.15) is 0 Å². The first-order chi connectivity index (χ1) is 7.92. The van der Waals surface area contributed by atoms with Crippen molar-refractivity contribution in [1.29, 1.82) is 0 Å². The summed E-state index contributed by atoms with van der Waals surface area (Å²) in [6.45, 7) is 16.6. The summed E-state index contributed by atoms with van der Waals surface area (Å²) in [5, 5.41) is 0. The molecule has 17 heavy (non-hydrogen) atoms. The van der Waals surface area contributed by atoms with Gasteiger partial charge in [0.25, 0.3) is 0 Å². The number of rotatable bonds is 5. The summed E-state index contributed by atoms with van der Waals surface area (Å²) in [6.07, 6.45) is 5.05. The van der Waals surface area contributed by atoms with Crippen molar-refractivity contribution in [3.05, 3.63) is 60.2 Å². The molecule has 0 bridgehead atoms. The number of benzene rings is 1. The van der Waals surface area contributed by atoms with Gasteiger partial charge in [-0.25, -0.2) is 0 Å². The standard InChI is InChI=1S/C17H24/c1-7-9-14(4)15-11-10-13(3)12-16(15)17(5,6)8-2/h7-8,10-12,14H,1-2,9H2,3-6H3. The second-order valence-electron chi connectivity index (χ2n) is 5.44. The van der Waals surface area contributed by atoms with Gasteiger partial charge in [0.2, 0.25) is 0 Å². The predicted octanol–water partition coefficient (Wildman–Crippen LogP) is 5.14. The Hall–Kier alpha value is -1.30. The molecular formula is C17H24. The average molecular weight is 228 g/mol. The van der Waals surface area contributed by atoms with E-state index < -0.39 is 0 Å². The summed E-state index contributed by atoms with van der Waals surface area (Å²) >= 11 is 0. The van der Waals surface area contributed by atoms with E-state index in [9.17, 15) is 0 Å². The molecule has 1 rings (SSSR count). The molecule has 0 aliphatic rings. The zero-order valence-electron chi connectivity index (χ0n) is 11.6. The van der Waals surface area contributed by atoms with Crippen molar-refractivity contribution in [2.24, 2.45) is 0 Å². The van der Waals surface area contributed by atoms with E-state index >= 15 is 0 Å². The van der Waals surface area contributed by atoms with Gasteiger partial charge in [-0.1, -0.05) is 56.7 Å². The van der Waals surface area contributed by atoms with E-state index in [0.717, 1.165) is 6.42 Å². The molecule has 0 heterocycles. The number of allylic oxidation sites excluding steroid dienone is 2. The Morgan fingerprint density at radius 1 is 1.29 bits per heavy atom. The highest BCUT2D eigenvalue weighted by Crippen LogP contribution is 2.33. The maximum absolute atomic E-state index is 3.96. The highest BCUT2D eigenvalue weighted by molar-refractivity contribution is 5.41. The zero-order chi connectivity index (χ0) is 13.1. The van der Waals surface area contributed by atoms with Gasteiger partial charge in [-0.3, -0.25) is 0 Å². The molecule has 0 nitrogen and oxygen atoms in total. The van der Waals surface area contributed by atoms with Crippen molar-refractivity contribution in [3.63, 3.8) is 0 Å². The molecule has 1 atom stereocenters. The van der Waals surface area contributed by atoms with Crippen LogP contribution in [0.25, 0.3) is 0 Å². The van der Waals surface area contributed by atoms with E-state index in [0.29, 0.717) is 5.92 Å². The zero-order valence-corrected chi connectivity index (χ0v) is 11.6. The van der Waals surface area contributed by atoms with Crippen LogP contribution in [0.3, 0.4) is 0 Å². The van der Waals surface area contributed by atoms with Crippen molar-refractivity contribution < 1.29 is 0 Å². The van der Waals surface area contributed by atoms with Crippen LogP contribution in [0.5, 0.6) is 0 Å². The summed E-state index contributed by atoms with van der Waals surface area (Å²) < 4.78 is 0. The van der Waals surface area contributed by atoms with Gasteiger partial charge in [0, 0.05) is 5.41 Å². The van der Waals surface area contributed by atoms with Gasteiger partial charge in [0.05, 0.1) is 0 Å². The lowest BCUT2D eigenvalue weighted by molar-refractivity contribution is 0.641. The van der Waals surface area contributed by atoms with Gasteiger partial charge in [-0.15, -0.1) is 13.2 Å². The van der Waals surface area contributed by atoms with Gasteiger partial charge in [-0.05, 0) is 30.4 Å². The summed E-state index contributed by atoms with van der Waals surface area (Å²) in [4.78, 5) is 0. The van der Waals surface area contributed by atoms with E-state index in [1.54, 1.807) is 0 Å². The molecule has 0 N–H and O–H groups in total. The average Bonchev–Trinajstić information content (AvgIpc) is 2.29. The Morgan fingerprint density at radius 2 is 1.94 bits per heavy atom. The number of hydrogen-bond acceptors (Lipinski definition) is 0. The Kier molecular flexibility index (Phi) is 4.34. The molecule has 1 unspecified atom stereocenters. The minimum atomic E-state index is 0.0246. The van der Waals surface area contributed by atoms with Crippen LogP contribution in [0.15, 0.2) is 43.5 Å². The second-order valence-corrected chi connectivity index (χ2v) is 5.44. The van der Waals surface area contributed by atoms with Crippen LogP contribution >= 0.6 is 0 Å². The van der Waals surface area contributed by atoms with Crippen LogP contribution in [-0.2, 0) is 5.41 Å². The Morgan fingerprint density at radius 3 is 2.47 bits per heavy atom. The SMILES string of the molecule is C=CCC(C)c1ccc(C)cc1C(C)(C)C=C. The molecule has 0 aliphatic carbocycles. The lowest BCUT2D eigenvalue weighted by Crippen LogP contribution is -2.17. The first kappa shape index (κ1) is 13.8. The normalized spacial score (nSPS) is 13.2. The molecule has 0 fully saturated rings. The smallest absolute Gasteiger partial charge is 0.00756 e. The maximum atomic E-state index is 3.96. The third kappa shape index (κ3) is 3.09. The summed E-state index contributed by atoms with van der Waals surface area (Å²) in [5.41, 5.74) is 4.14. The maximum Gasteiger partial charge on any atom is 0.00756 e. The highest BCUT2D eigenvalue weighted by atomic mass is 14.3. The molecular weight excluding hydrogens is 204 g/mol. The summed E-state index contributed by atoms with van der Waals surface area (Å²) in [7, 11) is 0. The van der Waals surface area contributed by atoms with Crippen molar-refractivity contribution in [1.82, 2.24) is 0 Å². The molecule has 0 amide bonds. The highest BCUT2D eigenvalue weighted by Gasteiger charge is 2.22. The molecule has 1 aromatic carbocycles.